The first-order valence-electron chi connectivity index (χ1n) is 7.52. The molecule has 1 amide bonds. The van der Waals surface area contributed by atoms with Crippen LogP contribution in [0.5, 0.6) is 0 Å². The predicted octanol–water partition coefficient (Wildman–Crippen LogP) is 2.86. The highest BCUT2D eigenvalue weighted by Gasteiger charge is 2.07. The average Bonchev–Trinajstić information content (AvgIpc) is 2.53. The van der Waals surface area contributed by atoms with Crippen LogP contribution in [0.25, 0.3) is 0 Å². The Morgan fingerprint density at radius 3 is 2.68 bits per heavy atom. The van der Waals surface area contributed by atoms with Gasteiger partial charge in [0, 0.05) is 37.4 Å². The van der Waals surface area contributed by atoms with E-state index in [1.807, 2.05) is 18.2 Å². The topological polar surface area (TPSA) is 66.9 Å². The van der Waals surface area contributed by atoms with Crippen LogP contribution in [0.15, 0.2) is 42.9 Å². The van der Waals surface area contributed by atoms with Crippen LogP contribution in [0.4, 0.5) is 5.69 Å². The highest BCUT2D eigenvalue weighted by molar-refractivity contribution is 5.93. The second-order valence-electron chi connectivity index (χ2n) is 5.58. The van der Waals surface area contributed by atoms with E-state index in [1.54, 1.807) is 24.7 Å². The number of carbonyl (C=O) groups is 1. The number of anilines is 1. The Kier molecular flexibility index (Phi) is 5.89. The molecule has 0 aliphatic carbocycles. The Hall–Kier alpha value is -2.43. The zero-order valence-electron chi connectivity index (χ0n) is 13.0. The van der Waals surface area contributed by atoms with Gasteiger partial charge in [0.25, 0.3) is 5.91 Å². The van der Waals surface area contributed by atoms with Gasteiger partial charge < -0.3 is 10.6 Å². The molecule has 2 rings (SSSR count). The normalized spacial score (nSPS) is 10.5. The van der Waals surface area contributed by atoms with Gasteiger partial charge in [0.2, 0.25) is 0 Å². The van der Waals surface area contributed by atoms with Gasteiger partial charge in [0.05, 0.1) is 0 Å². The van der Waals surface area contributed by atoms with Gasteiger partial charge in [-0.3, -0.25) is 14.8 Å². The van der Waals surface area contributed by atoms with Crippen molar-refractivity contribution in [2.75, 3.05) is 11.9 Å². The van der Waals surface area contributed by atoms with Gasteiger partial charge in [-0.1, -0.05) is 13.8 Å². The highest BCUT2D eigenvalue weighted by Crippen LogP contribution is 2.09. The summed E-state index contributed by atoms with van der Waals surface area (Å²) in [5.74, 6) is 0.474. The van der Waals surface area contributed by atoms with E-state index in [0.717, 1.165) is 24.2 Å². The maximum Gasteiger partial charge on any atom is 0.270 e. The SMILES string of the molecule is CC(C)CCNc1ccnc(C(=O)NCc2ccncc2)c1. The standard InChI is InChI=1S/C17H22N4O/c1-13(2)3-9-19-15-6-10-20-16(11-15)17(22)21-12-14-4-7-18-8-5-14/h4-8,10-11,13H,3,9,12H2,1-2H3,(H,19,20)(H,21,22). The van der Waals surface area contributed by atoms with Crippen LogP contribution >= 0.6 is 0 Å². The van der Waals surface area contributed by atoms with Crippen molar-refractivity contribution in [3.8, 4) is 0 Å². The Labute approximate surface area is 131 Å². The largest absolute Gasteiger partial charge is 0.385 e. The van der Waals surface area contributed by atoms with Crippen LogP contribution in [0.2, 0.25) is 0 Å². The van der Waals surface area contributed by atoms with E-state index in [0.29, 0.717) is 18.2 Å². The van der Waals surface area contributed by atoms with Crippen LogP contribution in [0.3, 0.4) is 0 Å². The summed E-state index contributed by atoms with van der Waals surface area (Å²) in [5, 5.41) is 6.18. The van der Waals surface area contributed by atoms with Gasteiger partial charge in [-0.25, -0.2) is 0 Å². The molecule has 0 aliphatic heterocycles. The molecule has 22 heavy (non-hydrogen) atoms. The molecular weight excluding hydrogens is 276 g/mol. The van der Waals surface area contributed by atoms with E-state index < -0.39 is 0 Å². The van der Waals surface area contributed by atoms with Crippen molar-refractivity contribution in [3.63, 3.8) is 0 Å². The third kappa shape index (κ3) is 5.16. The van der Waals surface area contributed by atoms with Gasteiger partial charge in [-0.2, -0.15) is 0 Å². The summed E-state index contributed by atoms with van der Waals surface area (Å²) in [6, 6.07) is 7.40. The molecule has 0 bridgehead atoms. The lowest BCUT2D eigenvalue weighted by Crippen LogP contribution is -2.23. The zero-order valence-corrected chi connectivity index (χ0v) is 13.0. The Bertz CT molecular complexity index is 599. The first kappa shape index (κ1) is 15.9. The quantitative estimate of drug-likeness (QED) is 0.825. The fourth-order valence-electron chi connectivity index (χ4n) is 1.94. The number of hydrogen-bond donors (Lipinski definition) is 2. The van der Waals surface area contributed by atoms with Gasteiger partial charge >= 0.3 is 0 Å². The van der Waals surface area contributed by atoms with Crippen molar-refractivity contribution in [2.24, 2.45) is 5.92 Å². The monoisotopic (exact) mass is 298 g/mol. The minimum absolute atomic E-state index is 0.177. The predicted molar refractivity (Wildman–Crippen MR) is 87.6 cm³/mol. The fourth-order valence-corrected chi connectivity index (χ4v) is 1.94. The summed E-state index contributed by atoms with van der Waals surface area (Å²) < 4.78 is 0. The molecule has 5 heteroatoms. The molecule has 0 aromatic carbocycles. The smallest absolute Gasteiger partial charge is 0.270 e. The Balaban J connectivity index is 1.89. The number of rotatable bonds is 7. The molecule has 2 aromatic rings. The average molecular weight is 298 g/mol. The van der Waals surface area contributed by atoms with Crippen LogP contribution in [-0.4, -0.2) is 22.4 Å². The minimum atomic E-state index is -0.177. The van der Waals surface area contributed by atoms with Crippen molar-refractivity contribution < 1.29 is 4.79 Å². The van der Waals surface area contributed by atoms with Gasteiger partial charge in [-0.15, -0.1) is 0 Å². The summed E-state index contributed by atoms with van der Waals surface area (Å²) in [6.45, 7) is 5.73. The lowest BCUT2D eigenvalue weighted by atomic mass is 10.1. The number of nitrogens with one attached hydrogen (secondary N) is 2. The minimum Gasteiger partial charge on any atom is -0.385 e. The molecule has 116 valence electrons. The fraction of sp³-hybridized carbons (Fsp3) is 0.353. The van der Waals surface area contributed by atoms with E-state index in [9.17, 15) is 4.79 Å². The van der Waals surface area contributed by atoms with Crippen LogP contribution in [0, 0.1) is 5.92 Å². The second kappa shape index (κ2) is 8.12. The zero-order chi connectivity index (χ0) is 15.8. The molecule has 0 spiro atoms. The molecule has 2 N–H and O–H groups in total. The van der Waals surface area contributed by atoms with E-state index >= 15 is 0 Å². The van der Waals surface area contributed by atoms with Gasteiger partial charge in [0.1, 0.15) is 5.69 Å². The summed E-state index contributed by atoms with van der Waals surface area (Å²) in [6.07, 6.45) is 6.16. The van der Waals surface area contributed by atoms with Crippen molar-refractivity contribution in [1.29, 1.82) is 0 Å². The number of carbonyl (C=O) groups excluding carboxylic acids is 1. The molecule has 0 unspecified atom stereocenters. The lowest BCUT2D eigenvalue weighted by Gasteiger charge is -2.09. The van der Waals surface area contributed by atoms with Crippen LogP contribution in [-0.2, 0) is 6.54 Å². The van der Waals surface area contributed by atoms with Gasteiger partial charge in [-0.05, 0) is 42.2 Å². The van der Waals surface area contributed by atoms with E-state index in [2.05, 4.69) is 34.4 Å². The van der Waals surface area contributed by atoms with Crippen molar-refractivity contribution in [2.45, 2.75) is 26.8 Å². The molecule has 0 saturated carbocycles. The van der Waals surface area contributed by atoms with E-state index in [-0.39, 0.29) is 5.91 Å². The second-order valence-corrected chi connectivity index (χ2v) is 5.58. The molecule has 5 nitrogen and oxygen atoms in total. The van der Waals surface area contributed by atoms with Crippen molar-refractivity contribution >= 4 is 11.6 Å². The summed E-state index contributed by atoms with van der Waals surface area (Å²) in [7, 11) is 0. The van der Waals surface area contributed by atoms with Crippen molar-refractivity contribution in [3.05, 3.63) is 54.1 Å². The first-order chi connectivity index (χ1) is 10.6. The summed E-state index contributed by atoms with van der Waals surface area (Å²) >= 11 is 0. The maximum atomic E-state index is 12.1. The van der Waals surface area contributed by atoms with Crippen LogP contribution < -0.4 is 10.6 Å². The third-order valence-corrected chi connectivity index (χ3v) is 3.25. The van der Waals surface area contributed by atoms with Gasteiger partial charge in [0.15, 0.2) is 0 Å². The highest BCUT2D eigenvalue weighted by atomic mass is 16.1. The number of nitrogens with zero attached hydrogens (tertiary/aromatic N) is 2. The molecule has 2 heterocycles. The van der Waals surface area contributed by atoms with Crippen molar-refractivity contribution in [1.82, 2.24) is 15.3 Å². The Morgan fingerprint density at radius 2 is 1.95 bits per heavy atom. The molecule has 0 radical (unpaired) electrons. The number of amides is 1. The lowest BCUT2D eigenvalue weighted by molar-refractivity contribution is 0.0946. The molecule has 0 fully saturated rings. The third-order valence-electron chi connectivity index (χ3n) is 3.25. The number of hydrogen-bond acceptors (Lipinski definition) is 4. The van der Waals surface area contributed by atoms with E-state index in [4.69, 9.17) is 0 Å². The maximum absolute atomic E-state index is 12.1. The molecule has 0 aliphatic rings. The Morgan fingerprint density at radius 1 is 1.18 bits per heavy atom. The first-order valence-corrected chi connectivity index (χ1v) is 7.52. The molecule has 2 aromatic heterocycles. The number of pyridine rings is 2. The summed E-state index contributed by atoms with van der Waals surface area (Å²) in [5.41, 5.74) is 2.35. The summed E-state index contributed by atoms with van der Waals surface area (Å²) in [4.78, 5) is 20.2. The van der Waals surface area contributed by atoms with Crippen LogP contribution in [0.1, 0.15) is 36.3 Å². The van der Waals surface area contributed by atoms with E-state index in [1.165, 1.54) is 0 Å². The number of aromatic nitrogens is 2. The molecular formula is C17H22N4O. The molecule has 0 saturated heterocycles. The molecule has 0 atom stereocenters.